The van der Waals surface area contributed by atoms with Crippen molar-refractivity contribution in [3.8, 4) is 0 Å². The minimum Gasteiger partial charge on any atom is -0.353 e. The van der Waals surface area contributed by atoms with Crippen molar-refractivity contribution < 1.29 is 9.59 Å². The van der Waals surface area contributed by atoms with Gasteiger partial charge in [-0.1, -0.05) is 30.7 Å². The number of anilines is 2. The SMILES string of the molecule is CCC(=O)N(c1cccnc1)c1cc(C2CC(NC(=O)Cc3cccc(Cl)c3)C2)[nH]n1. The number of carbonyl (C=O) groups excluding carboxylic acids is 2. The van der Waals surface area contributed by atoms with E-state index in [1.54, 1.807) is 29.4 Å². The normalized spacial score (nSPS) is 17.6. The molecule has 2 aromatic heterocycles. The first-order chi connectivity index (χ1) is 15.0. The van der Waals surface area contributed by atoms with Crippen molar-refractivity contribution in [2.24, 2.45) is 0 Å². The molecule has 160 valence electrons. The number of H-pyrrole nitrogens is 1. The van der Waals surface area contributed by atoms with E-state index in [1.165, 1.54) is 0 Å². The Kier molecular flexibility index (Phi) is 6.32. The number of hydrogen-bond acceptors (Lipinski definition) is 4. The molecular weight excluding hydrogens is 414 g/mol. The summed E-state index contributed by atoms with van der Waals surface area (Å²) in [4.78, 5) is 30.5. The zero-order valence-electron chi connectivity index (χ0n) is 17.2. The lowest BCUT2D eigenvalue weighted by atomic mass is 9.78. The molecule has 3 aromatic rings. The van der Waals surface area contributed by atoms with Crippen molar-refractivity contribution in [3.05, 3.63) is 71.1 Å². The van der Waals surface area contributed by atoms with Crippen LogP contribution < -0.4 is 10.2 Å². The minimum absolute atomic E-state index is 0.00712. The van der Waals surface area contributed by atoms with Crippen LogP contribution in [0.1, 0.15) is 43.4 Å². The fourth-order valence-electron chi connectivity index (χ4n) is 3.80. The van der Waals surface area contributed by atoms with Crippen molar-refractivity contribution in [1.82, 2.24) is 20.5 Å². The number of halogens is 1. The molecule has 2 amide bonds. The highest BCUT2D eigenvalue weighted by Gasteiger charge is 2.33. The Bertz CT molecular complexity index is 1060. The van der Waals surface area contributed by atoms with Crippen LogP contribution in [0.2, 0.25) is 5.02 Å². The van der Waals surface area contributed by atoms with E-state index in [2.05, 4.69) is 20.5 Å². The van der Waals surface area contributed by atoms with Crippen LogP contribution in [0.25, 0.3) is 0 Å². The van der Waals surface area contributed by atoms with Gasteiger partial charge in [0.1, 0.15) is 0 Å². The first-order valence-electron chi connectivity index (χ1n) is 10.4. The first kappa shape index (κ1) is 21.1. The van der Waals surface area contributed by atoms with Crippen molar-refractivity contribution in [3.63, 3.8) is 0 Å². The third-order valence-electron chi connectivity index (χ3n) is 5.47. The number of carbonyl (C=O) groups is 2. The van der Waals surface area contributed by atoms with Gasteiger partial charge in [0, 0.05) is 41.4 Å². The lowest BCUT2D eigenvalue weighted by Gasteiger charge is -2.35. The Morgan fingerprint density at radius 3 is 2.77 bits per heavy atom. The Balaban J connectivity index is 1.35. The number of nitrogens with one attached hydrogen (secondary N) is 2. The van der Waals surface area contributed by atoms with E-state index in [0.29, 0.717) is 29.4 Å². The third kappa shape index (κ3) is 4.94. The van der Waals surface area contributed by atoms with E-state index in [0.717, 1.165) is 24.1 Å². The quantitative estimate of drug-likeness (QED) is 0.581. The average Bonchev–Trinajstić information content (AvgIpc) is 3.20. The van der Waals surface area contributed by atoms with Gasteiger partial charge < -0.3 is 5.32 Å². The van der Waals surface area contributed by atoms with Gasteiger partial charge in [-0.15, -0.1) is 0 Å². The minimum atomic E-state index is -0.0502. The topological polar surface area (TPSA) is 91.0 Å². The van der Waals surface area contributed by atoms with E-state index < -0.39 is 0 Å². The van der Waals surface area contributed by atoms with Gasteiger partial charge in [-0.2, -0.15) is 5.10 Å². The van der Waals surface area contributed by atoms with Crippen LogP contribution >= 0.6 is 11.6 Å². The van der Waals surface area contributed by atoms with E-state index in [4.69, 9.17) is 11.6 Å². The highest BCUT2D eigenvalue weighted by molar-refractivity contribution is 6.30. The Morgan fingerprint density at radius 2 is 2.06 bits per heavy atom. The summed E-state index contributed by atoms with van der Waals surface area (Å²) < 4.78 is 0. The average molecular weight is 438 g/mol. The van der Waals surface area contributed by atoms with Gasteiger partial charge in [-0.3, -0.25) is 24.6 Å². The summed E-state index contributed by atoms with van der Waals surface area (Å²) in [5.41, 5.74) is 2.55. The van der Waals surface area contributed by atoms with Crippen LogP contribution in [0.3, 0.4) is 0 Å². The van der Waals surface area contributed by atoms with Crippen LogP contribution in [0.4, 0.5) is 11.5 Å². The van der Waals surface area contributed by atoms with Crippen molar-refractivity contribution in [2.75, 3.05) is 4.90 Å². The predicted molar refractivity (Wildman–Crippen MR) is 119 cm³/mol. The fraction of sp³-hybridized carbons (Fsp3) is 0.304. The molecule has 1 aliphatic rings. The van der Waals surface area contributed by atoms with Gasteiger partial charge in [0.2, 0.25) is 11.8 Å². The van der Waals surface area contributed by atoms with Crippen molar-refractivity contribution in [1.29, 1.82) is 0 Å². The van der Waals surface area contributed by atoms with Crippen molar-refractivity contribution >= 4 is 34.9 Å². The van der Waals surface area contributed by atoms with Crippen molar-refractivity contribution in [2.45, 2.75) is 44.6 Å². The number of amides is 2. The number of hydrogen-bond donors (Lipinski definition) is 2. The monoisotopic (exact) mass is 437 g/mol. The standard InChI is InChI=1S/C23H24ClN5O2/c1-2-23(31)29(19-7-4-8-25-14-19)21-13-20(27-28-21)16-11-18(12-16)26-22(30)10-15-5-3-6-17(24)9-15/h3-9,13-14,16,18H,2,10-12H2,1H3,(H,26,30)(H,27,28). The summed E-state index contributed by atoms with van der Waals surface area (Å²) in [6.45, 7) is 1.82. The largest absolute Gasteiger partial charge is 0.353 e. The fourth-order valence-corrected chi connectivity index (χ4v) is 4.01. The molecule has 31 heavy (non-hydrogen) atoms. The number of aromatic nitrogens is 3. The molecule has 1 saturated carbocycles. The number of benzene rings is 1. The van der Waals surface area contributed by atoms with E-state index in [9.17, 15) is 9.59 Å². The second-order valence-electron chi connectivity index (χ2n) is 7.71. The van der Waals surface area contributed by atoms with Crippen LogP contribution in [-0.2, 0) is 16.0 Å². The molecule has 7 nitrogen and oxygen atoms in total. The molecule has 2 heterocycles. The molecule has 0 unspecified atom stereocenters. The number of pyridine rings is 1. The first-order valence-corrected chi connectivity index (χ1v) is 10.7. The molecule has 0 radical (unpaired) electrons. The van der Waals surface area contributed by atoms with E-state index in [1.807, 2.05) is 37.3 Å². The Labute approximate surface area is 185 Å². The molecule has 1 aromatic carbocycles. The second-order valence-corrected chi connectivity index (χ2v) is 8.15. The Hall–Kier alpha value is -3.19. The number of nitrogens with zero attached hydrogens (tertiary/aromatic N) is 3. The summed E-state index contributed by atoms with van der Waals surface area (Å²) in [6, 6.07) is 13.0. The third-order valence-corrected chi connectivity index (χ3v) is 5.70. The highest BCUT2D eigenvalue weighted by atomic mass is 35.5. The van der Waals surface area contributed by atoms with Crippen LogP contribution in [0, 0.1) is 0 Å². The number of aromatic amines is 1. The smallest absolute Gasteiger partial charge is 0.232 e. The molecular formula is C23H24ClN5O2. The predicted octanol–water partition coefficient (Wildman–Crippen LogP) is 4.14. The zero-order chi connectivity index (χ0) is 21.8. The molecule has 4 rings (SSSR count). The molecule has 0 aliphatic heterocycles. The molecule has 1 aliphatic carbocycles. The summed E-state index contributed by atoms with van der Waals surface area (Å²) in [6.07, 6.45) is 5.66. The highest BCUT2D eigenvalue weighted by Crippen LogP contribution is 2.37. The van der Waals surface area contributed by atoms with Gasteiger partial charge in [0.25, 0.3) is 0 Å². The molecule has 1 fully saturated rings. The molecule has 0 saturated heterocycles. The summed E-state index contributed by atoms with van der Waals surface area (Å²) in [7, 11) is 0. The maximum Gasteiger partial charge on any atom is 0.232 e. The zero-order valence-corrected chi connectivity index (χ0v) is 18.0. The van der Waals surface area contributed by atoms with Crippen LogP contribution in [0.15, 0.2) is 54.9 Å². The maximum atomic E-state index is 12.5. The van der Waals surface area contributed by atoms with Crippen LogP contribution in [0.5, 0.6) is 0 Å². The summed E-state index contributed by atoms with van der Waals surface area (Å²) in [5.74, 6) is 0.770. The lowest BCUT2D eigenvalue weighted by molar-refractivity contribution is -0.121. The van der Waals surface area contributed by atoms with Gasteiger partial charge in [-0.25, -0.2) is 0 Å². The van der Waals surface area contributed by atoms with Gasteiger partial charge in [0.05, 0.1) is 18.3 Å². The maximum absolute atomic E-state index is 12.5. The molecule has 0 spiro atoms. The van der Waals surface area contributed by atoms with E-state index >= 15 is 0 Å². The molecule has 0 bridgehead atoms. The summed E-state index contributed by atoms with van der Waals surface area (Å²) >= 11 is 5.98. The molecule has 8 heteroatoms. The van der Waals surface area contributed by atoms with Gasteiger partial charge in [-0.05, 0) is 42.7 Å². The van der Waals surface area contributed by atoms with E-state index in [-0.39, 0.29) is 23.8 Å². The molecule has 2 N–H and O–H groups in total. The Morgan fingerprint density at radius 1 is 1.23 bits per heavy atom. The van der Waals surface area contributed by atoms with Crippen LogP contribution in [-0.4, -0.2) is 33.0 Å². The van der Waals surface area contributed by atoms with Gasteiger partial charge >= 0.3 is 0 Å². The molecule has 0 atom stereocenters. The summed E-state index contributed by atoms with van der Waals surface area (Å²) in [5, 5.41) is 11.1. The lowest BCUT2D eigenvalue weighted by Crippen LogP contribution is -2.44. The van der Waals surface area contributed by atoms with Gasteiger partial charge in [0.15, 0.2) is 5.82 Å². The second kappa shape index (κ2) is 9.31. The number of rotatable bonds is 7.